The monoisotopic (exact) mass is 436 g/mol. The molecule has 0 fully saturated rings. The van der Waals surface area contributed by atoms with Gasteiger partial charge >= 0.3 is 0 Å². The Hall–Kier alpha value is -3.32. The summed E-state index contributed by atoms with van der Waals surface area (Å²) >= 11 is 5.97. The summed E-state index contributed by atoms with van der Waals surface area (Å²) < 4.78 is 1.75. The summed E-state index contributed by atoms with van der Waals surface area (Å²) in [5, 5.41) is 11.2. The minimum Gasteiger partial charge on any atom is -0.372 e. The number of benzene rings is 2. The van der Waals surface area contributed by atoms with E-state index in [1.165, 1.54) is 6.33 Å². The van der Waals surface area contributed by atoms with Crippen LogP contribution in [0, 0.1) is 0 Å². The predicted octanol–water partition coefficient (Wildman–Crippen LogP) is 4.71. The third-order valence-corrected chi connectivity index (χ3v) is 5.73. The molecule has 2 aromatic carbocycles. The first kappa shape index (κ1) is 20.9. The van der Waals surface area contributed by atoms with Crippen molar-refractivity contribution in [3.63, 3.8) is 0 Å². The molecule has 1 atom stereocenters. The van der Waals surface area contributed by atoms with E-state index in [2.05, 4.69) is 63.7 Å². The van der Waals surface area contributed by atoms with Gasteiger partial charge in [0.25, 0.3) is 5.91 Å². The van der Waals surface area contributed by atoms with Gasteiger partial charge in [0.1, 0.15) is 12.4 Å². The number of rotatable bonds is 6. The third-order valence-electron chi connectivity index (χ3n) is 5.48. The summed E-state index contributed by atoms with van der Waals surface area (Å²) in [4.78, 5) is 19.9. The van der Waals surface area contributed by atoms with E-state index >= 15 is 0 Å². The molecule has 0 aliphatic carbocycles. The van der Waals surface area contributed by atoms with Crippen LogP contribution in [0.2, 0.25) is 5.02 Å². The van der Waals surface area contributed by atoms with E-state index in [-0.39, 0.29) is 5.91 Å². The maximum atomic E-state index is 13.3. The number of hydrogen-bond acceptors (Lipinski definition) is 5. The first-order chi connectivity index (χ1) is 15.0. The Morgan fingerprint density at radius 3 is 2.45 bits per heavy atom. The molecule has 0 bridgehead atoms. The Balaban J connectivity index is 1.71. The smallest absolute Gasteiger partial charge is 0.255 e. The molecule has 3 aromatic rings. The van der Waals surface area contributed by atoms with Gasteiger partial charge in [-0.15, -0.1) is 0 Å². The van der Waals surface area contributed by atoms with E-state index in [9.17, 15) is 4.79 Å². The van der Waals surface area contributed by atoms with Gasteiger partial charge in [-0.3, -0.25) is 4.79 Å². The van der Waals surface area contributed by atoms with Crippen LogP contribution in [-0.2, 0) is 4.79 Å². The molecule has 0 radical (unpaired) electrons. The van der Waals surface area contributed by atoms with Gasteiger partial charge in [-0.2, -0.15) is 10.1 Å². The Labute approximate surface area is 186 Å². The fraction of sp³-hybridized carbons (Fsp3) is 0.261. The quantitative estimate of drug-likeness (QED) is 0.585. The molecule has 160 valence electrons. The van der Waals surface area contributed by atoms with Crippen LogP contribution in [0.25, 0.3) is 0 Å². The van der Waals surface area contributed by atoms with Gasteiger partial charge in [0.2, 0.25) is 5.95 Å². The van der Waals surface area contributed by atoms with Gasteiger partial charge in [-0.05, 0) is 62.7 Å². The number of carbonyl (C=O) groups excluding carboxylic acids is 1. The van der Waals surface area contributed by atoms with Crippen molar-refractivity contribution in [1.29, 1.82) is 0 Å². The molecule has 1 aliphatic heterocycles. The number of fused-ring (bicyclic) bond motifs is 1. The second kappa shape index (κ2) is 8.81. The third kappa shape index (κ3) is 4.14. The highest BCUT2D eigenvalue weighted by Gasteiger charge is 2.33. The van der Waals surface area contributed by atoms with Crippen LogP contribution in [-0.4, -0.2) is 33.8 Å². The van der Waals surface area contributed by atoms with Crippen LogP contribution in [0.4, 0.5) is 17.3 Å². The van der Waals surface area contributed by atoms with Crippen LogP contribution in [0.3, 0.4) is 0 Å². The molecule has 1 aliphatic rings. The van der Waals surface area contributed by atoms with Gasteiger partial charge in [0.15, 0.2) is 0 Å². The van der Waals surface area contributed by atoms with Crippen molar-refractivity contribution in [2.45, 2.75) is 26.8 Å². The minimum absolute atomic E-state index is 0.203. The topological polar surface area (TPSA) is 75.1 Å². The lowest BCUT2D eigenvalue weighted by Crippen LogP contribution is -2.31. The molecule has 2 N–H and O–H groups in total. The van der Waals surface area contributed by atoms with Crippen LogP contribution in [0.15, 0.2) is 66.1 Å². The van der Waals surface area contributed by atoms with E-state index in [4.69, 9.17) is 11.6 Å². The van der Waals surface area contributed by atoms with Crippen molar-refractivity contribution < 1.29 is 4.79 Å². The minimum atomic E-state index is -0.392. The summed E-state index contributed by atoms with van der Waals surface area (Å²) in [5.74, 6) is 0.407. The summed E-state index contributed by atoms with van der Waals surface area (Å²) in [6, 6.07) is 14.9. The lowest BCUT2D eigenvalue weighted by atomic mass is 9.94. The Bertz CT molecular complexity index is 1100. The van der Waals surface area contributed by atoms with Gasteiger partial charge in [0.05, 0.1) is 5.57 Å². The number of nitrogens with zero attached hydrogens (tertiary/aromatic N) is 4. The highest BCUT2D eigenvalue weighted by Crippen LogP contribution is 2.35. The van der Waals surface area contributed by atoms with Crippen LogP contribution in [0.5, 0.6) is 0 Å². The average molecular weight is 437 g/mol. The van der Waals surface area contributed by atoms with E-state index in [1.807, 2.05) is 6.92 Å². The molecule has 1 amide bonds. The molecular weight excluding hydrogens is 412 g/mol. The van der Waals surface area contributed by atoms with Gasteiger partial charge in [-0.1, -0.05) is 23.7 Å². The number of allylic oxidation sites excluding steroid dienone is 1. The molecule has 7 nitrogen and oxygen atoms in total. The Kier molecular flexibility index (Phi) is 5.95. The number of halogens is 1. The number of hydrogen-bond donors (Lipinski definition) is 2. The number of anilines is 3. The second-order valence-electron chi connectivity index (χ2n) is 7.32. The largest absolute Gasteiger partial charge is 0.372 e. The van der Waals surface area contributed by atoms with E-state index in [0.717, 1.165) is 30.0 Å². The summed E-state index contributed by atoms with van der Waals surface area (Å²) in [7, 11) is 0. The van der Waals surface area contributed by atoms with Gasteiger partial charge in [0, 0.05) is 35.2 Å². The maximum Gasteiger partial charge on any atom is 0.255 e. The fourth-order valence-corrected chi connectivity index (χ4v) is 4.01. The lowest BCUT2D eigenvalue weighted by molar-refractivity contribution is -0.113. The lowest BCUT2D eigenvalue weighted by Gasteiger charge is -2.29. The van der Waals surface area contributed by atoms with Crippen molar-refractivity contribution in [2.75, 3.05) is 28.6 Å². The van der Waals surface area contributed by atoms with Crippen LogP contribution in [0.1, 0.15) is 32.4 Å². The Morgan fingerprint density at radius 1 is 1.13 bits per heavy atom. The van der Waals surface area contributed by atoms with Crippen molar-refractivity contribution in [3.05, 3.63) is 76.7 Å². The van der Waals surface area contributed by atoms with Crippen LogP contribution < -0.4 is 15.5 Å². The van der Waals surface area contributed by atoms with Crippen molar-refractivity contribution in [3.8, 4) is 0 Å². The zero-order chi connectivity index (χ0) is 22.0. The van der Waals surface area contributed by atoms with Gasteiger partial charge < -0.3 is 15.5 Å². The average Bonchev–Trinajstić information content (AvgIpc) is 3.23. The summed E-state index contributed by atoms with van der Waals surface area (Å²) in [6.07, 6.45) is 1.49. The molecular formula is C23H25ClN6O. The highest BCUT2D eigenvalue weighted by atomic mass is 35.5. The van der Waals surface area contributed by atoms with E-state index in [0.29, 0.717) is 22.2 Å². The van der Waals surface area contributed by atoms with Gasteiger partial charge in [-0.25, -0.2) is 4.68 Å². The maximum absolute atomic E-state index is 13.3. The molecule has 0 spiro atoms. The standard InChI is InChI=1S/C23H25ClN6O/c1-4-29(5-2)19-12-6-16(7-13-19)21-20(15(3)27-23-25-14-26-30(21)23)22(31)28-18-10-8-17(24)9-11-18/h6-14,21H,4-5H2,1-3H3,(H,28,31)(H,25,26,27)/t21-/m0/s1. The van der Waals surface area contributed by atoms with Crippen LogP contribution >= 0.6 is 11.6 Å². The zero-order valence-electron chi connectivity index (χ0n) is 17.8. The summed E-state index contributed by atoms with van der Waals surface area (Å²) in [5.41, 5.74) is 4.11. The number of amides is 1. The molecule has 0 saturated heterocycles. The van der Waals surface area contributed by atoms with E-state index < -0.39 is 6.04 Å². The molecule has 1 aromatic heterocycles. The normalized spacial score (nSPS) is 15.3. The SMILES string of the molecule is CCN(CC)c1ccc([C@H]2C(C(=O)Nc3ccc(Cl)cc3)=C(C)Nc3ncnn32)cc1. The Morgan fingerprint density at radius 2 is 1.81 bits per heavy atom. The van der Waals surface area contributed by atoms with Crippen molar-refractivity contribution >= 4 is 34.8 Å². The molecule has 31 heavy (non-hydrogen) atoms. The first-order valence-electron chi connectivity index (χ1n) is 10.3. The fourth-order valence-electron chi connectivity index (χ4n) is 3.88. The van der Waals surface area contributed by atoms with E-state index in [1.54, 1.807) is 28.9 Å². The number of carbonyl (C=O) groups is 1. The molecule has 8 heteroatoms. The van der Waals surface area contributed by atoms with Crippen molar-refractivity contribution in [1.82, 2.24) is 14.8 Å². The molecule has 4 rings (SSSR count). The first-order valence-corrected chi connectivity index (χ1v) is 10.7. The molecule has 0 saturated carbocycles. The van der Waals surface area contributed by atoms with Crippen molar-refractivity contribution in [2.24, 2.45) is 0 Å². The number of nitrogens with one attached hydrogen (secondary N) is 2. The summed E-state index contributed by atoms with van der Waals surface area (Å²) in [6.45, 7) is 8.02. The second-order valence-corrected chi connectivity index (χ2v) is 7.76. The molecule has 2 heterocycles. The zero-order valence-corrected chi connectivity index (χ0v) is 18.5. The predicted molar refractivity (Wildman–Crippen MR) is 125 cm³/mol. The number of aromatic nitrogens is 3. The highest BCUT2D eigenvalue weighted by molar-refractivity contribution is 6.30. The molecule has 0 unspecified atom stereocenters.